The van der Waals surface area contributed by atoms with E-state index in [0.717, 1.165) is 17.1 Å². The van der Waals surface area contributed by atoms with Crippen LogP contribution in [0.2, 0.25) is 0 Å². The van der Waals surface area contributed by atoms with Crippen LogP contribution in [0.5, 0.6) is 5.88 Å². The molecular formula is C12H10N2O2. The van der Waals surface area contributed by atoms with E-state index in [0.29, 0.717) is 6.42 Å². The molecule has 16 heavy (non-hydrogen) atoms. The molecule has 0 bridgehead atoms. The average molecular weight is 214 g/mol. The van der Waals surface area contributed by atoms with Crippen molar-refractivity contribution in [3.8, 4) is 5.88 Å². The zero-order chi connectivity index (χ0) is 11.0. The molecule has 0 aliphatic heterocycles. The van der Waals surface area contributed by atoms with E-state index in [1.807, 2.05) is 18.2 Å². The van der Waals surface area contributed by atoms with E-state index in [9.17, 15) is 5.11 Å². The summed E-state index contributed by atoms with van der Waals surface area (Å²) in [4.78, 5) is 4.27. The largest absolute Gasteiger partial charge is 0.494 e. The predicted octanol–water partition coefficient (Wildman–Crippen LogP) is 2.22. The van der Waals surface area contributed by atoms with Crippen molar-refractivity contribution in [3.63, 3.8) is 0 Å². The summed E-state index contributed by atoms with van der Waals surface area (Å²) in [6.45, 7) is 0. The molecule has 0 atom stereocenters. The van der Waals surface area contributed by atoms with Gasteiger partial charge in [0.15, 0.2) is 5.88 Å². The van der Waals surface area contributed by atoms with Crippen molar-refractivity contribution < 1.29 is 9.52 Å². The van der Waals surface area contributed by atoms with Gasteiger partial charge in [-0.05, 0) is 24.3 Å². The number of aromatic nitrogens is 2. The highest BCUT2D eigenvalue weighted by Crippen LogP contribution is 2.18. The van der Waals surface area contributed by atoms with Crippen molar-refractivity contribution in [2.75, 3.05) is 0 Å². The van der Waals surface area contributed by atoms with Crippen molar-refractivity contribution in [1.29, 1.82) is 0 Å². The Bertz CT molecular complexity index is 611. The maximum absolute atomic E-state index is 9.76. The first-order valence-corrected chi connectivity index (χ1v) is 5.01. The third-order valence-electron chi connectivity index (χ3n) is 2.52. The molecule has 3 aromatic heterocycles. The van der Waals surface area contributed by atoms with Crippen LogP contribution < -0.4 is 0 Å². The van der Waals surface area contributed by atoms with E-state index < -0.39 is 0 Å². The van der Waals surface area contributed by atoms with Gasteiger partial charge >= 0.3 is 0 Å². The Kier molecular flexibility index (Phi) is 1.93. The van der Waals surface area contributed by atoms with Crippen LogP contribution >= 0.6 is 0 Å². The average Bonchev–Trinajstić information content (AvgIpc) is 2.90. The lowest BCUT2D eigenvalue weighted by atomic mass is 10.3. The monoisotopic (exact) mass is 214 g/mol. The molecule has 3 aromatic rings. The molecule has 0 saturated carbocycles. The molecule has 0 fully saturated rings. The first-order chi connectivity index (χ1) is 7.84. The highest BCUT2D eigenvalue weighted by atomic mass is 16.3. The van der Waals surface area contributed by atoms with Crippen molar-refractivity contribution in [1.82, 2.24) is 9.38 Å². The minimum Gasteiger partial charge on any atom is -0.494 e. The molecular weight excluding hydrogens is 204 g/mol. The van der Waals surface area contributed by atoms with E-state index in [4.69, 9.17) is 4.42 Å². The number of rotatable bonds is 2. The first-order valence-electron chi connectivity index (χ1n) is 5.01. The number of hydrogen-bond acceptors (Lipinski definition) is 3. The minimum absolute atomic E-state index is 0.191. The summed E-state index contributed by atoms with van der Waals surface area (Å²) < 4.78 is 6.97. The zero-order valence-electron chi connectivity index (χ0n) is 8.50. The fourth-order valence-corrected chi connectivity index (χ4v) is 1.79. The topological polar surface area (TPSA) is 50.7 Å². The van der Waals surface area contributed by atoms with Gasteiger partial charge in [-0.2, -0.15) is 0 Å². The molecule has 0 saturated heterocycles. The molecule has 4 heteroatoms. The Labute approximate surface area is 91.8 Å². The molecule has 0 aromatic carbocycles. The summed E-state index contributed by atoms with van der Waals surface area (Å²) in [5, 5.41) is 9.76. The first kappa shape index (κ1) is 9.03. The van der Waals surface area contributed by atoms with Crippen LogP contribution in [0.25, 0.3) is 5.52 Å². The van der Waals surface area contributed by atoms with Crippen LogP contribution in [-0.4, -0.2) is 14.5 Å². The van der Waals surface area contributed by atoms with Crippen LogP contribution in [0.4, 0.5) is 0 Å². The van der Waals surface area contributed by atoms with Gasteiger partial charge in [0.05, 0.1) is 24.4 Å². The zero-order valence-corrected chi connectivity index (χ0v) is 8.50. The standard InChI is InChI=1S/C12H10N2O2/c15-12-5-1-3-9-8-13-11(14(9)12)7-10-4-2-6-16-10/h1-6,8,15H,7H2. The van der Waals surface area contributed by atoms with Crippen LogP contribution in [-0.2, 0) is 6.42 Å². The Morgan fingerprint density at radius 2 is 2.19 bits per heavy atom. The summed E-state index contributed by atoms with van der Waals surface area (Å²) in [6.07, 6.45) is 3.93. The fourth-order valence-electron chi connectivity index (χ4n) is 1.79. The molecule has 0 spiro atoms. The molecule has 0 amide bonds. The van der Waals surface area contributed by atoms with Gasteiger partial charge in [0.1, 0.15) is 11.6 Å². The van der Waals surface area contributed by atoms with Gasteiger partial charge in [0.25, 0.3) is 0 Å². The molecule has 1 N–H and O–H groups in total. The van der Waals surface area contributed by atoms with Gasteiger partial charge in [0, 0.05) is 0 Å². The second-order valence-corrected chi connectivity index (χ2v) is 3.57. The molecule has 3 rings (SSSR count). The highest BCUT2D eigenvalue weighted by Gasteiger charge is 2.08. The molecule has 0 radical (unpaired) electrons. The summed E-state index contributed by atoms with van der Waals surface area (Å²) in [7, 11) is 0. The van der Waals surface area contributed by atoms with Gasteiger partial charge in [0.2, 0.25) is 0 Å². The molecule has 0 aliphatic rings. The Morgan fingerprint density at radius 3 is 3.00 bits per heavy atom. The molecule has 0 aliphatic carbocycles. The summed E-state index contributed by atoms with van der Waals surface area (Å²) in [6, 6.07) is 9.06. The smallest absolute Gasteiger partial charge is 0.197 e. The molecule has 3 heterocycles. The fraction of sp³-hybridized carbons (Fsp3) is 0.0833. The lowest BCUT2D eigenvalue weighted by molar-refractivity contribution is 0.441. The van der Waals surface area contributed by atoms with Crippen LogP contribution in [0.15, 0.2) is 47.2 Å². The number of pyridine rings is 1. The number of imidazole rings is 1. The SMILES string of the molecule is Oc1cccc2cnc(Cc3ccco3)n12. The third kappa shape index (κ3) is 1.35. The van der Waals surface area contributed by atoms with Crippen molar-refractivity contribution in [2.45, 2.75) is 6.42 Å². The predicted molar refractivity (Wildman–Crippen MR) is 58.4 cm³/mol. The van der Waals surface area contributed by atoms with Gasteiger partial charge in [-0.25, -0.2) is 4.98 Å². The van der Waals surface area contributed by atoms with Gasteiger partial charge in [-0.1, -0.05) is 6.07 Å². The summed E-state index contributed by atoms with van der Waals surface area (Å²) >= 11 is 0. The van der Waals surface area contributed by atoms with Crippen molar-refractivity contribution in [2.24, 2.45) is 0 Å². The Balaban J connectivity index is 2.10. The van der Waals surface area contributed by atoms with Crippen molar-refractivity contribution >= 4 is 5.52 Å². The summed E-state index contributed by atoms with van der Waals surface area (Å²) in [5.74, 6) is 1.79. The molecule has 80 valence electrons. The van der Waals surface area contributed by atoms with E-state index in [1.165, 1.54) is 0 Å². The number of aromatic hydroxyl groups is 1. The van der Waals surface area contributed by atoms with E-state index in [1.54, 1.807) is 29.0 Å². The summed E-state index contributed by atoms with van der Waals surface area (Å²) in [5.41, 5.74) is 0.876. The lowest BCUT2D eigenvalue weighted by Crippen LogP contribution is -1.95. The number of furan rings is 1. The highest BCUT2D eigenvalue weighted by molar-refractivity contribution is 5.49. The van der Waals surface area contributed by atoms with Gasteiger partial charge in [-0.3, -0.25) is 4.40 Å². The van der Waals surface area contributed by atoms with Crippen LogP contribution in [0.3, 0.4) is 0 Å². The number of fused-ring (bicyclic) bond motifs is 1. The quantitative estimate of drug-likeness (QED) is 0.711. The second-order valence-electron chi connectivity index (χ2n) is 3.57. The maximum Gasteiger partial charge on any atom is 0.197 e. The van der Waals surface area contributed by atoms with Gasteiger partial charge < -0.3 is 9.52 Å². The third-order valence-corrected chi connectivity index (χ3v) is 2.52. The molecule has 4 nitrogen and oxygen atoms in total. The van der Waals surface area contributed by atoms with E-state index >= 15 is 0 Å². The second kappa shape index (κ2) is 3.41. The van der Waals surface area contributed by atoms with Crippen LogP contribution in [0, 0.1) is 0 Å². The van der Waals surface area contributed by atoms with Crippen molar-refractivity contribution in [3.05, 3.63) is 54.4 Å². The Morgan fingerprint density at radius 1 is 1.25 bits per heavy atom. The maximum atomic E-state index is 9.76. The number of hydrogen-bond donors (Lipinski definition) is 1. The number of nitrogens with zero attached hydrogens (tertiary/aromatic N) is 2. The lowest BCUT2D eigenvalue weighted by Gasteiger charge is -2.01. The van der Waals surface area contributed by atoms with E-state index in [-0.39, 0.29) is 5.88 Å². The van der Waals surface area contributed by atoms with Gasteiger partial charge in [-0.15, -0.1) is 0 Å². The van der Waals surface area contributed by atoms with E-state index in [2.05, 4.69) is 4.98 Å². The minimum atomic E-state index is 0.191. The normalized spacial score (nSPS) is 11.0. The Hall–Kier alpha value is -2.23. The molecule has 0 unspecified atom stereocenters. The van der Waals surface area contributed by atoms with Crippen LogP contribution in [0.1, 0.15) is 11.6 Å².